The van der Waals surface area contributed by atoms with Crippen LogP contribution in [0, 0.1) is 0 Å². The molecule has 0 amide bonds. The average molecular weight is 297 g/mol. The molecule has 0 atom stereocenters. The fourth-order valence-electron chi connectivity index (χ4n) is 0. The Morgan fingerprint density at radius 2 is 1.25 bits per heavy atom. The van der Waals surface area contributed by atoms with Gasteiger partial charge < -0.3 is 1.43 Å². The van der Waals surface area contributed by atoms with Gasteiger partial charge in [0.05, 0.1) is 0 Å². The molecule has 1 radical (unpaired) electrons. The van der Waals surface area contributed by atoms with Gasteiger partial charge in [0.15, 0.2) is 0 Å². The minimum Gasteiger partial charge on any atom is -1.00 e. The molecule has 0 aromatic carbocycles. The molecule has 0 spiro atoms. The molecule has 0 saturated heterocycles. The van der Waals surface area contributed by atoms with Crippen molar-refractivity contribution in [2.24, 2.45) is 0 Å². The van der Waals surface area contributed by atoms with E-state index >= 15 is 0 Å². The molecule has 0 aliphatic heterocycles. The quantitative estimate of drug-likeness (QED) is 0.435. The number of rotatable bonds is 0. The Bertz CT molecular complexity index is 11.6. The molecule has 23 valence electrons. The van der Waals surface area contributed by atoms with Gasteiger partial charge in [0.2, 0.25) is 0 Å². The Hall–Kier alpha value is 2.55. The van der Waals surface area contributed by atoms with Crippen molar-refractivity contribution in [2.75, 3.05) is 0 Å². The monoisotopic (exact) mass is 297 g/mol. The normalized spacial score (nSPS) is 0. The standard InChI is InChI=1S/ClH.Fe.Na.Ta.H/h1H;;;;/q;;+1;;-1. The van der Waals surface area contributed by atoms with Gasteiger partial charge in [-0.2, -0.15) is 0 Å². The van der Waals surface area contributed by atoms with E-state index in [0.717, 1.165) is 0 Å². The van der Waals surface area contributed by atoms with Crippen LogP contribution in [0.5, 0.6) is 0 Å². The Morgan fingerprint density at radius 1 is 1.25 bits per heavy atom. The molecule has 0 bridgehead atoms. The van der Waals surface area contributed by atoms with Gasteiger partial charge in [0.1, 0.15) is 0 Å². The number of halogens is 1. The van der Waals surface area contributed by atoms with Crippen molar-refractivity contribution in [2.45, 2.75) is 0 Å². The Labute approximate surface area is 81.6 Å². The van der Waals surface area contributed by atoms with E-state index in [1.165, 1.54) is 0 Å². The zero-order chi connectivity index (χ0) is 0. The van der Waals surface area contributed by atoms with E-state index in [4.69, 9.17) is 0 Å². The minimum atomic E-state index is 0. The summed E-state index contributed by atoms with van der Waals surface area (Å²) in [6.45, 7) is 0. The molecule has 4 heteroatoms. The Morgan fingerprint density at radius 3 is 1.25 bits per heavy atom. The first-order chi connectivity index (χ1) is 0. The second-order valence-electron chi connectivity index (χ2n) is 0. The smallest absolute Gasteiger partial charge is 1.00 e. The van der Waals surface area contributed by atoms with Crippen LogP contribution in [0.25, 0.3) is 0 Å². The van der Waals surface area contributed by atoms with Crippen molar-refractivity contribution < 1.29 is 70.4 Å². The van der Waals surface area contributed by atoms with E-state index in [2.05, 4.69) is 0 Å². The minimum absolute atomic E-state index is 0. The molecule has 0 heterocycles. The first-order valence-corrected chi connectivity index (χ1v) is 0. The molecule has 0 fully saturated rings. The van der Waals surface area contributed by atoms with Gasteiger partial charge in [-0.3, -0.25) is 0 Å². The second kappa shape index (κ2) is 17.7. The van der Waals surface area contributed by atoms with Gasteiger partial charge in [0.25, 0.3) is 0 Å². The van der Waals surface area contributed by atoms with E-state index in [1.807, 2.05) is 0 Å². The van der Waals surface area contributed by atoms with E-state index < -0.39 is 0 Å². The van der Waals surface area contributed by atoms with Crippen LogP contribution >= 0.6 is 12.4 Å². The predicted molar refractivity (Wildman–Crippen MR) is 8.36 cm³/mol. The van der Waals surface area contributed by atoms with Crippen molar-refractivity contribution in [3.63, 3.8) is 0 Å². The van der Waals surface area contributed by atoms with Crippen LogP contribution in [0.3, 0.4) is 0 Å². The maximum atomic E-state index is 0. The third-order valence-electron chi connectivity index (χ3n) is 0. The fraction of sp³-hybridized carbons (Fsp3) is 0. The van der Waals surface area contributed by atoms with Crippen LogP contribution in [0.15, 0.2) is 0 Å². The van der Waals surface area contributed by atoms with Gasteiger partial charge in [-0.1, -0.05) is 0 Å². The van der Waals surface area contributed by atoms with Crippen molar-refractivity contribution >= 4 is 12.4 Å². The fourth-order valence-corrected chi connectivity index (χ4v) is 0. The van der Waals surface area contributed by atoms with Crippen LogP contribution in [0.2, 0.25) is 0 Å². The summed E-state index contributed by atoms with van der Waals surface area (Å²) >= 11 is 0. The summed E-state index contributed by atoms with van der Waals surface area (Å²) in [6, 6.07) is 0. The van der Waals surface area contributed by atoms with E-state index in [9.17, 15) is 0 Å². The molecule has 4 heavy (non-hydrogen) atoms. The zero-order valence-corrected chi connectivity index (χ0v) is 9.34. The first kappa shape index (κ1) is 31.0. The van der Waals surface area contributed by atoms with Crippen LogP contribution in [-0.2, 0) is 39.4 Å². The molecule has 0 aromatic heterocycles. The maximum absolute atomic E-state index is 0. The van der Waals surface area contributed by atoms with Crippen LogP contribution in [0.4, 0.5) is 0 Å². The second-order valence-corrected chi connectivity index (χ2v) is 0. The molecule has 0 aromatic rings. The third-order valence-corrected chi connectivity index (χ3v) is 0. The molecule has 0 unspecified atom stereocenters. The maximum Gasteiger partial charge on any atom is 1.00 e. The van der Waals surface area contributed by atoms with Gasteiger partial charge in [0, 0.05) is 39.4 Å². The Kier molecular flexibility index (Phi) is 137. The summed E-state index contributed by atoms with van der Waals surface area (Å²) in [5, 5.41) is 0. The molecule has 0 N–H and O–H groups in total. The topological polar surface area (TPSA) is 0 Å². The van der Waals surface area contributed by atoms with E-state index in [1.54, 1.807) is 0 Å². The molecule has 0 rings (SSSR count). The van der Waals surface area contributed by atoms with Crippen molar-refractivity contribution in [1.29, 1.82) is 0 Å². The summed E-state index contributed by atoms with van der Waals surface area (Å²) in [4.78, 5) is 0. The number of hydrogen-bond donors (Lipinski definition) is 0. The van der Waals surface area contributed by atoms with Crippen molar-refractivity contribution in [3.8, 4) is 0 Å². The molecular formula is H2ClFeNaTa. The zero-order valence-electron chi connectivity index (χ0n) is 3.21. The molecule has 0 aliphatic rings. The van der Waals surface area contributed by atoms with Gasteiger partial charge in [-0.15, -0.1) is 12.4 Å². The molecule has 0 aliphatic carbocycles. The first-order valence-electron chi connectivity index (χ1n) is 0. The molecule has 0 nitrogen and oxygen atoms in total. The summed E-state index contributed by atoms with van der Waals surface area (Å²) in [7, 11) is 0. The predicted octanol–water partition coefficient (Wildman–Crippen LogP) is -2.47. The summed E-state index contributed by atoms with van der Waals surface area (Å²) in [5.41, 5.74) is 0. The SMILES string of the molecule is Cl.[Fe].[H-].[Na+].[Ta]. The van der Waals surface area contributed by atoms with Crippen LogP contribution in [-0.4, -0.2) is 0 Å². The van der Waals surface area contributed by atoms with Gasteiger partial charge >= 0.3 is 29.6 Å². The summed E-state index contributed by atoms with van der Waals surface area (Å²) < 4.78 is 0. The van der Waals surface area contributed by atoms with Crippen LogP contribution < -0.4 is 29.6 Å². The van der Waals surface area contributed by atoms with Gasteiger partial charge in [-0.05, 0) is 0 Å². The average Bonchev–Trinajstić information content (AvgIpc) is 0. The Balaban J connectivity index is 0. The number of hydrogen-bond acceptors (Lipinski definition) is 0. The van der Waals surface area contributed by atoms with E-state index in [0.29, 0.717) is 0 Å². The van der Waals surface area contributed by atoms with Crippen LogP contribution in [0.1, 0.15) is 1.43 Å². The van der Waals surface area contributed by atoms with E-state index in [-0.39, 0.29) is 82.8 Å². The molecule has 0 saturated carbocycles. The summed E-state index contributed by atoms with van der Waals surface area (Å²) in [5.74, 6) is 0. The third kappa shape index (κ3) is 8.82. The van der Waals surface area contributed by atoms with Crippen molar-refractivity contribution in [1.82, 2.24) is 0 Å². The summed E-state index contributed by atoms with van der Waals surface area (Å²) in [6.07, 6.45) is 0. The largest absolute Gasteiger partial charge is 1.00 e. The molecular weight excluding hydrogens is 295 g/mol. The van der Waals surface area contributed by atoms with Gasteiger partial charge in [-0.25, -0.2) is 0 Å². The van der Waals surface area contributed by atoms with Crippen molar-refractivity contribution in [3.05, 3.63) is 0 Å².